The number of nitrogens with zero attached hydrogens (tertiary/aromatic N) is 2. The average molecular weight is 373 g/mol. The lowest BCUT2D eigenvalue weighted by Crippen LogP contribution is -2.36. The molecular formula is C19H17F2N3O3. The zero-order valence-corrected chi connectivity index (χ0v) is 14.4. The molecule has 2 aliphatic rings. The molecule has 0 aromatic heterocycles. The van der Waals surface area contributed by atoms with Crippen LogP contribution in [0.15, 0.2) is 30.3 Å². The molecular weight excluding hydrogens is 356 g/mol. The van der Waals surface area contributed by atoms with Crippen molar-refractivity contribution in [2.24, 2.45) is 0 Å². The van der Waals surface area contributed by atoms with Gasteiger partial charge in [0.05, 0.1) is 10.6 Å². The van der Waals surface area contributed by atoms with Gasteiger partial charge in [-0.25, -0.2) is 8.78 Å². The second-order valence-electron chi connectivity index (χ2n) is 6.86. The molecule has 0 spiro atoms. The van der Waals surface area contributed by atoms with E-state index in [2.05, 4.69) is 5.32 Å². The molecule has 0 unspecified atom stereocenters. The summed E-state index contributed by atoms with van der Waals surface area (Å²) in [7, 11) is 0. The SMILES string of the molecule is O=C(c1ccc(NC2CC2)c([N+](=O)[O-])c1)N1CCCc2cc(F)cc(F)c21. The summed E-state index contributed by atoms with van der Waals surface area (Å²) in [6, 6.07) is 6.41. The van der Waals surface area contributed by atoms with Gasteiger partial charge in [0.2, 0.25) is 0 Å². The number of fused-ring (bicyclic) bond motifs is 1. The molecule has 1 fully saturated rings. The first kappa shape index (κ1) is 17.4. The Bertz CT molecular complexity index is 944. The molecule has 0 bridgehead atoms. The number of anilines is 2. The lowest BCUT2D eigenvalue weighted by atomic mass is 10.00. The molecule has 0 saturated heterocycles. The highest BCUT2D eigenvalue weighted by Gasteiger charge is 2.30. The summed E-state index contributed by atoms with van der Waals surface area (Å²) >= 11 is 0. The molecule has 0 radical (unpaired) electrons. The smallest absolute Gasteiger partial charge is 0.293 e. The Balaban J connectivity index is 1.70. The molecule has 1 amide bonds. The summed E-state index contributed by atoms with van der Waals surface area (Å²) in [6.45, 7) is 0.268. The Hall–Kier alpha value is -3.03. The highest BCUT2D eigenvalue weighted by molar-refractivity contribution is 6.07. The van der Waals surface area contributed by atoms with Gasteiger partial charge in [0.1, 0.15) is 17.3 Å². The van der Waals surface area contributed by atoms with E-state index in [1.54, 1.807) is 0 Å². The van der Waals surface area contributed by atoms with E-state index in [0.717, 1.165) is 18.9 Å². The molecule has 4 rings (SSSR count). The van der Waals surface area contributed by atoms with E-state index in [9.17, 15) is 23.7 Å². The van der Waals surface area contributed by atoms with Crippen molar-refractivity contribution < 1.29 is 18.5 Å². The summed E-state index contributed by atoms with van der Waals surface area (Å²) in [6.07, 6.45) is 2.94. The first-order valence-corrected chi connectivity index (χ1v) is 8.79. The zero-order valence-electron chi connectivity index (χ0n) is 14.4. The highest BCUT2D eigenvalue weighted by Crippen LogP contribution is 2.35. The monoisotopic (exact) mass is 373 g/mol. The lowest BCUT2D eigenvalue weighted by molar-refractivity contribution is -0.384. The number of benzene rings is 2. The van der Waals surface area contributed by atoms with E-state index in [1.807, 2.05) is 0 Å². The van der Waals surface area contributed by atoms with E-state index < -0.39 is 22.5 Å². The van der Waals surface area contributed by atoms with Gasteiger partial charge in [-0.15, -0.1) is 0 Å². The maximum Gasteiger partial charge on any atom is 0.293 e. The van der Waals surface area contributed by atoms with Crippen LogP contribution >= 0.6 is 0 Å². The Kier molecular flexibility index (Phi) is 4.25. The van der Waals surface area contributed by atoms with Crippen molar-refractivity contribution in [3.05, 3.63) is 63.2 Å². The number of rotatable bonds is 4. The van der Waals surface area contributed by atoms with Crippen LogP contribution in [0.25, 0.3) is 0 Å². The summed E-state index contributed by atoms with van der Waals surface area (Å²) < 4.78 is 27.8. The number of aryl methyl sites for hydroxylation is 1. The van der Waals surface area contributed by atoms with Gasteiger partial charge in [-0.2, -0.15) is 0 Å². The summed E-state index contributed by atoms with van der Waals surface area (Å²) in [5, 5.41) is 14.5. The fraction of sp³-hybridized carbons (Fsp3) is 0.316. The van der Waals surface area contributed by atoms with Crippen molar-refractivity contribution in [2.45, 2.75) is 31.7 Å². The van der Waals surface area contributed by atoms with Crippen LogP contribution in [-0.2, 0) is 6.42 Å². The topological polar surface area (TPSA) is 75.5 Å². The third-order valence-electron chi connectivity index (χ3n) is 4.83. The van der Waals surface area contributed by atoms with Crippen LogP contribution in [-0.4, -0.2) is 23.4 Å². The highest BCUT2D eigenvalue weighted by atomic mass is 19.1. The van der Waals surface area contributed by atoms with E-state index in [1.165, 1.54) is 29.2 Å². The summed E-state index contributed by atoms with van der Waals surface area (Å²) in [5.74, 6) is -2.03. The molecule has 1 aliphatic carbocycles. The number of carbonyl (C=O) groups excluding carboxylic acids is 1. The van der Waals surface area contributed by atoms with Crippen LogP contribution in [0.1, 0.15) is 35.2 Å². The maximum atomic E-state index is 14.3. The number of nitrogens with one attached hydrogen (secondary N) is 1. The van der Waals surface area contributed by atoms with Gasteiger partial charge in [0.15, 0.2) is 0 Å². The van der Waals surface area contributed by atoms with Gasteiger partial charge in [-0.3, -0.25) is 14.9 Å². The quantitative estimate of drug-likeness (QED) is 0.648. The van der Waals surface area contributed by atoms with Gasteiger partial charge in [-0.1, -0.05) is 0 Å². The summed E-state index contributed by atoms with van der Waals surface area (Å²) in [5.41, 5.74) is 0.750. The zero-order chi connectivity index (χ0) is 19.1. The van der Waals surface area contributed by atoms with Crippen LogP contribution in [0.5, 0.6) is 0 Å². The van der Waals surface area contributed by atoms with Crippen molar-refractivity contribution >= 4 is 23.0 Å². The van der Waals surface area contributed by atoms with Crippen LogP contribution in [0.2, 0.25) is 0 Å². The van der Waals surface area contributed by atoms with Crippen molar-refractivity contribution in [2.75, 3.05) is 16.8 Å². The molecule has 2 aromatic carbocycles. The number of amides is 1. The Morgan fingerprint density at radius 3 is 2.70 bits per heavy atom. The number of carbonyl (C=O) groups is 1. The standard InChI is InChI=1S/C19H17F2N3O3/c20-13-8-11-2-1-7-23(18(11)15(21)10-13)19(25)12-3-6-16(22-14-4-5-14)17(9-12)24(26)27/h3,6,8-10,14,22H,1-2,4-5,7H2. The fourth-order valence-electron chi connectivity index (χ4n) is 3.40. The minimum Gasteiger partial charge on any atom is -0.377 e. The van der Waals surface area contributed by atoms with Gasteiger partial charge >= 0.3 is 0 Å². The number of hydrogen-bond donors (Lipinski definition) is 1. The average Bonchev–Trinajstić information content (AvgIpc) is 3.44. The van der Waals surface area contributed by atoms with E-state index in [-0.39, 0.29) is 29.5 Å². The van der Waals surface area contributed by atoms with E-state index in [0.29, 0.717) is 24.1 Å². The molecule has 1 N–H and O–H groups in total. The minimum absolute atomic E-state index is 0.0514. The first-order valence-electron chi connectivity index (χ1n) is 8.79. The van der Waals surface area contributed by atoms with Crippen molar-refractivity contribution in [1.82, 2.24) is 0 Å². The predicted octanol–water partition coefficient (Wildman–Crippen LogP) is 4.04. The third kappa shape index (κ3) is 3.34. The van der Waals surface area contributed by atoms with Crippen molar-refractivity contribution in [3.63, 3.8) is 0 Å². The predicted molar refractivity (Wildman–Crippen MR) is 96.1 cm³/mol. The largest absolute Gasteiger partial charge is 0.377 e. The Labute approximate surface area is 153 Å². The third-order valence-corrected chi connectivity index (χ3v) is 4.83. The van der Waals surface area contributed by atoms with Crippen LogP contribution < -0.4 is 10.2 Å². The number of hydrogen-bond acceptors (Lipinski definition) is 4. The number of nitro groups is 1. The molecule has 140 valence electrons. The van der Waals surface area contributed by atoms with Gasteiger partial charge in [0, 0.05) is 30.3 Å². The summed E-state index contributed by atoms with van der Waals surface area (Å²) in [4.78, 5) is 25.0. The van der Waals surface area contributed by atoms with E-state index >= 15 is 0 Å². The van der Waals surface area contributed by atoms with Crippen LogP contribution in [0, 0.1) is 21.7 Å². The molecule has 0 atom stereocenters. The van der Waals surface area contributed by atoms with Crippen molar-refractivity contribution in [1.29, 1.82) is 0 Å². The second-order valence-corrected chi connectivity index (χ2v) is 6.86. The second kappa shape index (κ2) is 6.61. The van der Waals surface area contributed by atoms with Crippen molar-refractivity contribution in [3.8, 4) is 0 Å². The molecule has 1 aliphatic heterocycles. The number of halogens is 2. The molecule has 8 heteroatoms. The number of nitro benzene ring substituents is 1. The molecule has 1 heterocycles. The normalized spacial score (nSPS) is 16.0. The minimum atomic E-state index is -0.806. The fourth-order valence-corrected chi connectivity index (χ4v) is 3.40. The molecule has 6 nitrogen and oxygen atoms in total. The van der Waals surface area contributed by atoms with Gasteiger partial charge in [0.25, 0.3) is 11.6 Å². The molecule has 27 heavy (non-hydrogen) atoms. The maximum absolute atomic E-state index is 14.3. The Morgan fingerprint density at radius 2 is 2.00 bits per heavy atom. The Morgan fingerprint density at radius 1 is 1.22 bits per heavy atom. The van der Waals surface area contributed by atoms with Gasteiger partial charge < -0.3 is 10.2 Å². The van der Waals surface area contributed by atoms with Crippen LogP contribution in [0.4, 0.5) is 25.8 Å². The van der Waals surface area contributed by atoms with Crippen LogP contribution in [0.3, 0.4) is 0 Å². The molecule has 2 aromatic rings. The van der Waals surface area contributed by atoms with E-state index in [4.69, 9.17) is 0 Å². The molecule has 1 saturated carbocycles. The first-order chi connectivity index (χ1) is 12.9. The van der Waals surface area contributed by atoms with Gasteiger partial charge in [-0.05, 0) is 49.4 Å². The lowest BCUT2D eigenvalue weighted by Gasteiger charge is -2.30.